The third kappa shape index (κ3) is 6.86. The van der Waals surface area contributed by atoms with Crippen molar-refractivity contribution in [3.63, 3.8) is 0 Å². The number of ether oxygens (including phenoxy) is 1. The number of esters is 1. The molecule has 0 radical (unpaired) electrons. The first-order chi connectivity index (χ1) is 6.48. The van der Waals surface area contributed by atoms with Gasteiger partial charge in [-0.1, -0.05) is 0 Å². The normalized spacial score (nSPS) is 15.7. The van der Waals surface area contributed by atoms with Crippen LogP contribution in [-0.4, -0.2) is 25.8 Å². The molecule has 0 spiro atoms. The van der Waals surface area contributed by atoms with Gasteiger partial charge < -0.3 is 4.74 Å². The van der Waals surface area contributed by atoms with Crippen molar-refractivity contribution in [3.8, 4) is 0 Å². The van der Waals surface area contributed by atoms with Gasteiger partial charge in [0, 0.05) is 6.42 Å². The van der Waals surface area contributed by atoms with E-state index in [1.165, 1.54) is 0 Å². The van der Waals surface area contributed by atoms with Crippen LogP contribution in [0.5, 0.6) is 0 Å². The topological polar surface area (TPSA) is 44.8 Å². The standard InChI is InChI=1S/C7H14O2.C3H6O2/c1-5-9-6(8)7(2,3)4;1-2-4-5-3-1/h5H2,1-4H3;1-3H2. The van der Waals surface area contributed by atoms with Crippen LogP contribution >= 0.6 is 0 Å². The van der Waals surface area contributed by atoms with Gasteiger partial charge in [-0.2, -0.15) is 0 Å². The van der Waals surface area contributed by atoms with E-state index in [1.54, 1.807) is 0 Å². The number of rotatable bonds is 1. The van der Waals surface area contributed by atoms with Gasteiger partial charge in [-0.3, -0.25) is 4.79 Å². The molecule has 1 saturated heterocycles. The molecule has 1 aliphatic rings. The Bertz CT molecular complexity index is 148. The quantitative estimate of drug-likeness (QED) is 0.483. The summed E-state index contributed by atoms with van der Waals surface area (Å²) in [6.45, 7) is 9.35. The summed E-state index contributed by atoms with van der Waals surface area (Å²) in [5.74, 6) is -0.134. The Hall–Kier alpha value is -0.610. The fourth-order valence-electron chi connectivity index (χ4n) is 0.642. The van der Waals surface area contributed by atoms with Gasteiger partial charge in [-0.25, -0.2) is 9.78 Å². The van der Waals surface area contributed by atoms with Gasteiger partial charge in [0.15, 0.2) is 0 Å². The zero-order valence-electron chi connectivity index (χ0n) is 9.46. The predicted octanol–water partition coefficient (Wildman–Crippen LogP) is 1.93. The van der Waals surface area contributed by atoms with Crippen LogP contribution in [0.25, 0.3) is 0 Å². The van der Waals surface area contributed by atoms with Crippen molar-refractivity contribution in [3.05, 3.63) is 0 Å². The number of carbonyl (C=O) groups is 1. The van der Waals surface area contributed by atoms with Crippen molar-refractivity contribution in [1.82, 2.24) is 0 Å². The van der Waals surface area contributed by atoms with Gasteiger partial charge in [-0.05, 0) is 27.7 Å². The average Bonchev–Trinajstić information content (AvgIpc) is 2.59. The summed E-state index contributed by atoms with van der Waals surface area (Å²) in [4.78, 5) is 19.7. The lowest BCUT2D eigenvalue weighted by molar-refractivity contribution is -0.248. The molecule has 4 heteroatoms. The zero-order chi connectivity index (χ0) is 11.0. The molecule has 84 valence electrons. The van der Waals surface area contributed by atoms with E-state index in [9.17, 15) is 4.79 Å². The molecule has 0 aliphatic carbocycles. The number of hydrogen-bond donors (Lipinski definition) is 0. The maximum atomic E-state index is 10.8. The van der Waals surface area contributed by atoms with Crippen LogP contribution < -0.4 is 0 Å². The SMILES string of the molecule is C1COOC1.CCOC(=O)C(C)(C)C. The van der Waals surface area contributed by atoms with E-state index in [2.05, 4.69) is 9.78 Å². The van der Waals surface area contributed by atoms with Gasteiger partial charge in [-0.15, -0.1) is 0 Å². The maximum absolute atomic E-state index is 10.8. The molecule has 0 saturated carbocycles. The highest BCUT2D eigenvalue weighted by Gasteiger charge is 2.21. The predicted molar refractivity (Wildman–Crippen MR) is 52.6 cm³/mol. The van der Waals surface area contributed by atoms with Crippen LogP contribution in [0.3, 0.4) is 0 Å². The molecule has 1 aliphatic heterocycles. The molecule has 0 aromatic carbocycles. The number of carbonyl (C=O) groups excluding carboxylic acids is 1. The minimum Gasteiger partial charge on any atom is -0.466 e. The zero-order valence-corrected chi connectivity index (χ0v) is 9.46. The van der Waals surface area contributed by atoms with E-state index in [0.29, 0.717) is 6.61 Å². The van der Waals surface area contributed by atoms with Gasteiger partial charge in [0.25, 0.3) is 0 Å². The fourth-order valence-corrected chi connectivity index (χ4v) is 0.642. The van der Waals surface area contributed by atoms with Crippen molar-refractivity contribution in [2.45, 2.75) is 34.1 Å². The second kappa shape index (κ2) is 6.79. The lowest BCUT2D eigenvalue weighted by atomic mass is 9.97. The van der Waals surface area contributed by atoms with Gasteiger partial charge in [0.05, 0.1) is 25.2 Å². The summed E-state index contributed by atoms with van der Waals surface area (Å²) in [5, 5.41) is 0. The fraction of sp³-hybridized carbons (Fsp3) is 0.900. The van der Waals surface area contributed by atoms with Crippen LogP contribution in [0, 0.1) is 5.41 Å². The molecule has 0 aromatic rings. The maximum Gasteiger partial charge on any atom is 0.311 e. The second-order valence-electron chi connectivity index (χ2n) is 3.97. The molecule has 0 aromatic heterocycles. The van der Waals surface area contributed by atoms with Crippen molar-refractivity contribution < 1.29 is 19.3 Å². The Kier molecular flexibility index (Phi) is 6.49. The molecule has 0 N–H and O–H groups in total. The molecule has 0 atom stereocenters. The van der Waals surface area contributed by atoms with Crippen LogP contribution in [-0.2, 0) is 19.3 Å². The first-order valence-electron chi connectivity index (χ1n) is 4.90. The Morgan fingerprint density at radius 3 is 1.93 bits per heavy atom. The highest BCUT2D eigenvalue weighted by Crippen LogP contribution is 2.14. The van der Waals surface area contributed by atoms with Gasteiger partial charge in [0.2, 0.25) is 0 Å². The highest BCUT2D eigenvalue weighted by molar-refractivity contribution is 5.75. The average molecular weight is 204 g/mol. The second-order valence-corrected chi connectivity index (χ2v) is 3.97. The smallest absolute Gasteiger partial charge is 0.311 e. The minimum absolute atomic E-state index is 0.134. The molecule has 14 heavy (non-hydrogen) atoms. The summed E-state index contributed by atoms with van der Waals surface area (Å²) in [7, 11) is 0. The molecule has 0 unspecified atom stereocenters. The summed E-state index contributed by atoms with van der Waals surface area (Å²) < 4.78 is 4.77. The molecule has 0 amide bonds. The van der Waals surface area contributed by atoms with E-state index in [0.717, 1.165) is 19.6 Å². The van der Waals surface area contributed by atoms with Crippen LogP contribution in [0.4, 0.5) is 0 Å². The lowest BCUT2D eigenvalue weighted by Gasteiger charge is -2.14. The molecule has 1 heterocycles. The minimum atomic E-state index is -0.351. The van der Waals surface area contributed by atoms with Gasteiger partial charge in [0.1, 0.15) is 0 Å². The largest absolute Gasteiger partial charge is 0.466 e. The summed E-state index contributed by atoms with van der Waals surface area (Å²) in [5.41, 5.74) is -0.351. The van der Waals surface area contributed by atoms with Crippen molar-refractivity contribution in [2.24, 2.45) is 5.41 Å². The van der Waals surface area contributed by atoms with E-state index in [1.807, 2.05) is 27.7 Å². The molecule has 4 nitrogen and oxygen atoms in total. The Morgan fingerprint density at radius 2 is 1.79 bits per heavy atom. The highest BCUT2D eigenvalue weighted by atomic mass is 17.2. The molecule has 1 fully saturated rings. The lowest BCUT2D eigenvalue weighted by Crippen LogP contribution is -2.22. The monoisotopic (exact) mass is 204 g/mol. The van der Waals surface area contributed by atoms with Crippen LogP contribution in [0.2, 0.25) is 0 Å². The first-order valence-corrected chi connectivity index (χ1v) is 4.90. The van der Waals surface area contributed by atoms with E-state index in [-0.39, 0.29) is 11.4 Å². The van der Waals surface area contributed by atoms with Crippen molar-refractivity contribution in [2.75, 3.05) is 19.8 Å². The van der Waals surface area contributed by atoms with Crippen LogP contribution in [0.1, 0.15) is 34.1 Å². The summed E-state index contributed by atoms with van der Waals surface area (Å²) in [6, 6.07) is 0. The Morgan fingerprint density at radius 1 is 1.29 bits per heavy atom. The van der Waals surface area contributed by atoms with Crippen LogP contribution in [0.15, 0.2) is 0 Å². The van der Waals surface area contributed by atoms with Crippen molar-refractivity contribution in [1.29, 1.82) is 0 Å². The number of hydrogen-bond acceptors (Lipinski definition) is 4. The molecular formula is C10H20O4. The summed E-state index contributed by atoms with van der Waals surface area (Å²) in [6.07, 6.45) is 1.06. The van der Waals surface area contributed by atoms with E-state index >= 15 is 0 Å². The third-order valence-electron chi connectivity index (χ3n) is 1.43. The first kappa shape index (κ1) is 13.4. The van der Waals surface area contributed by atoms with E-state index in [4.69, 9.17) is 4.74 Å². The Labute approximate surface area is 85.5 Å². The van der Waals surface area contributed by atoms with E-state index < -0.39 is 0 Å². The molecular weight excluding hydrogens is 184 g/mol. The van der Waals surface area contributed by atoms with Gasteiger partial charge >= 0.3 is 5.97 Å². The molecule has 0 bridgehead atoms. The molecule has 1 rings (SSSR count). The Balaban J connectivity index is 0.000000280. The van der Waals surface area contributed by atoms with Crippen molar-refractivity contribution >= 4 is 5.97 Å². The summed E-state index contributed by atoms with van der Waals surface area (Å²) >= 11 is 0. The third-order valence-corrected chi connectivity index (χ3v) is 1.43.